The van der Waals surface area contributed by atoms with E-state index in [1.165, 1.54) is 30.3 Å². The second-order valence-corrected chi connectivity index (χ2v) is 4.46. The van der Waals surface area contributed by atoms with Gasteiger partial charge in [-0.15, -0.1) is 0 Å². The molecule has 1 nitrogen and oxygen atoms in total. The minimum absolute atomic E-state index is 0.121. The molecular weight excluding hydrogens is 300 g/mol. The first-order valence-electron chi connectivity index (χ1n) is 5.18. The SMILES string of the molecule is Fc1cccc(OC(F)F)c1-c1ccc(Cl)cc1Cl. The third-order valence-electron chi connectivity index (χ3n) is 2.39. The smallest absolute Gasteiger partial charge is 0.387 e. The lowest BCUT2D eigenvalue weighted by atomic mass is 10.0. The van der Waals surface area contributed by atoms with E-state index in [1.54, 1.807) is 0 Å². The van der Waals surface area contributed by atoms with Crippen LogP contribution < -0.4 is 4.74 Å². The number of hydrogen-bond acceptors (Lipinski definition) is 1. The maximum Gasteiger partial charge on any atom is 0.387 e. The molecule has 0 amide bonds. The fourth-order valence-electron chi connectivity index (χ4n) is 1.65. The molecule has 0 aliphatic rings. The van der Waals surface area contributed by atoms with Crippen LogP contribution in [0, 0.1) is 5.82 Å². The van der Waals surface area contributed by atoms with Gasteiger partial charge in [0, 0.05) is 10.6 Å². The molecule has 0 bridgehead atoms. The molecule has 0 fully saturated rings. The molecule has 0 N–H and O–H groups in total. The summed E-state index contributed by atoms with van der Waals surface area (Å²) < 4.78 is 42.8. The quantitative estimate of drug-likeness (QED) is 0.737. The first kappa shape index (κ1) is 14.0. The minimum Gasteiger partial charge on any atom is -0.434 e. The third kappa shape index (κ3) is 3.14. The topological polar surface area (TPSA) is 9.23 Å². The standard InChI is InChI=1S/C13H7Cl2F3O/c14-7-4-5-8(9(15)6-7)12-10(16)2-1-3-11(12)19-13(17)18/h1-6,13H. The van der Waals surface area contributed by atoms with Crippen molar-refractivity contribution in [2.45, 2.75) is 6.61 Å². The van der Waals surface area contributed by atoms with Gasteiger partial charge in [0.15, 0.2) is 0 Å². The van der Waals surface area contributed by atoms with Crippen molar-refractivity contribution in [2.75, 3.05) is 0 Å². The summed E-state index contributed by atoms with van der Waals surface area (Å²) in [5, 5.41) is 0.512. The summed E-state index contributed by atoms with van der Waals surface area (Å²) in [6.45, 7) is -3.05. The van der Waals surface area contributed by atoms with E-state index in [4.69, 9.17) is 23.2 Å². The highest BCUT2D eigenvalue weighted by Gasteiger charge is 2.17. The van der Waals surface area contributed by atoms with Gasteiger partial charge < -0.3 is 4.74 Å². The molecule has 2 aromatic carbocycles. The van der Waals surface area contributed by atoms with Crippen LogP contribution in [0.2, 0.25) is 10.0 Å². The second-order valence-electron chi connectivity index (χ2n) is 3.62. The largest absolute Gasteiger partial charge is 0.434 e. The molecule has 0 saturated carbocycles. The molecule has 0 aromatic heterocycles. The fourth-order valence-corrected chi connectivity index (χ4v) is 2.16. The average molecular weight is 307 g/mol. The minimum atomic E-state index is -3.05. The summed E-state index contributed by atoms with van der Waals surface area (Å²) >= 11 is 11.7. The monoisotopic (exact) mass is 306 g/mol. The maximum atomic E-state index is 13.9. The predicted molar refractivity (Wildman–Crippen MR) is 68.5 cm³/mol. The molecule has 0 aliphatic heterocycles. The Hall–Kier alpha value is -1.39. The Kier molecular flexibility index (Phi) is 4.22. The summed E-state index contributed by atoms with van der Waals surface area (Å²) in [6.07, 6.45) is 0. The van der Waals surface area contributed by atoms with Crippen LogP contribution in [-0.2, 0) is 0 Å². The van der Waals surface area contributed by atoms with Crippen LogP contribution in [0.4, 0.5) is 13.2 Å². The molecular formula is C13H7Cl2F3O. The highest BCUT2D eigenvalue weighted by molar-refractivity contribution is 6.36. The summed E-state index contributed by atoms with van der Waals surface area (Å²) in [7, 11) is 0. The van der Waals surface area contributed by atoms with Crippen LogP contribution in [-0.4, -0.2) is 6.61 Å². The van der Waals surface area contributed by atoms with E-state index in [1.807, 2.05) is 0 Å². The molecule has 2 aromatic rings. The maximum absolute atomic E-state index is 13.9. The molecule has 100 valence electrons. The van der Waals surface area contributed by atoms with Crippen molar-refractivity contribution < 1.29 is 17.9 Å². The summed E-state index contributed by atoms with van der Waals surface area (Å²) in [5.74, 6) is -0.985. The van der Waals surface area contributed by atoms with E-state index in [-0.39, 0.29) is 21.9 Å². The van der Waals surface area contributed by atoms with Crippen molar-refractivity contribution >= 4 is 23.2 Å². The van der Waals surface area contributed by atoms with E-state index in [2.05, 4.69) is 4.74 Å². The number of halogens is 5. The lowest BCUT2D eigenvalue weighted by Gasteiger charge is -2.13. The number of alkyl halides is 2. The Labute approximate surface area is 117 Å². The summed E-state index contributed by atoms with van der Waals surface area (Å²) in [5.41, 5.74) is 0.115. The van der Waals surface area contributed by atoms with Gasteiger partial charge in [0.2, 0.25) is 0 Å². The number of hydrogen-bond donors (Lipinski definition) is 0. The molecule has 0 spiro atoms. The third-order valence-corrected chi connectivity index (χ3v) is 2.94. The zero-order valence-corrected chi connectivity index (χ0v) is 10.9. The van der Waals surface area contributed by atoms with E-state index < -0.39 is 12.4 Å². The lowest BCUT2D eigenvalue weighted by Crippen LogP contribution is -2.04. The zero-order chi connectivity index (χ0) is 14.0. The molecule has 0 unspecified atom stereocenters. The van der Waals surface area contributed by atoms with Gasteiger partial charge in [-0.1, -0.05) is 35.3 Å². The van der Waals surface area contributed by atoms with Crippen LogP contribution in [0.15, 0.2) is 36.4 Å². The van der Waals surface area contributed by atoms with Crippen molar-refractivity contribution in [1.82, 2.24) is 0 Å². The fraction of sp³-hybridized carbons (Fsp3) is 0.0769. The van der Waals surface area contributed by atoms with Gasteiger partial charge in [0.25, 0.3) is 0 Å². The second kappa shape index (κ2) is 5.72. The van der Waals surface area contributed by atoms with E-state index in [0.717, 1.165) is 6.07 Å². The zero-order valence-electron chi connectivity index (χ0n) is 9.34. The van der Waals surface area contributed by atoms with E-state index in [9.17, 15) is 13.2 Å². The lowest BCUT2D eigenvalue weighted by molar-refractivity contribution is -0.0495. The van der Waals surface area contributed by atoms with Crippen LogP contribution in [0.25, 0.3) is 11.1 Å². The molecule has 0 heterocycles. The molecule has 6 heteroatoms. The van der Waals surface area contributed by atoms with Crippen molar-refractivity contribution in [3.8, 4) is 16.9 Å². The summed E-state index contributed by atoms with van der Waals surface area (Å²) in [6, 6.07) is 7.99. The molecule has 0 aliphatic carbocycles. The normalized spacial score (nSPS) is 10.8. The van der Waals surface area contributed by atoms with Crippen LogP contribution in [0.5, 0.6) is 5.75 Å². The van der Waals surface area contributed by atoms with Crippen LogP contribution >= 0.6 is 23.2 Å². The molecule has 0 saturated heterocycles. The Morgan fingerprint density at radius 1 is 1.05 bits per heavy atom. The number of benzene rings is 2. The first-order chi connectivity index (χ1) is 8.99. The van der Waals surface area contributed by atoms with Gasteiger partial charge in [-0.2, -0.15) is 8.78 Å². The van der Waals surface area contributed by atoms with Gasteiger partial charge in [0.05, 0.1) is 10.6 Å². The highest BCUT2D eigenvalue weighted by Crippen LogP contribution is 2.38. The van der Waals surface area contributed by atoms with Crippen molar-refractivity contribution in [3.05, 3.63) is 52.3 Å². The van der Waals surface area contributed by atoms with Crippen LogP contribution in [0.3, 0.4) is 0 Å². The number of ether oxygens (including phenoxy) is 1. The molecule has 0 radical (unpaired) electrons. The van der Waals surface area contributed by atoms with Gasteiger partial charge in [-0.3, -0.25) is 0 Å². The first-order valence-corrected chi connectivity index (χ1v) is 5.93. The molecule has 2 rings (SSSR count). The predicted octanol–water partition coefficient (Wildman–Crippen LogP) is 5.40. The van der Waals surface area contributed by atoms with Gasteiger partial charge in [-0.25, -0.2) is 4.39 Å². The average Bonchev–Trinajstić information content (AvgIpc) is 2.30. The van der Waals surface area contributed by atoms with Gasteiger partial charge >= 0.3 is 6.61 Å². The highest BCUT2D eigenvalue weighted by atomic mass is 35.5. The Balaban J connectivity index is 2.60. The number of rotatable bonds is 3. The van der Waals surface area contributed by atoms with E-state index in [0.29, 0.717) is 5.02 Å². The summed E-state index contributed by atoms with van der Waals surface area (Å²) in [4.78, 5) is 0. The van der Waals surface area contributed by atoms with Gasteiger partial charge in [0.1, 0.15) is 11.6 Å². The Morgan fingerprint density at radius 3 is 2.42 bits per heavy atom. The molecule has 0 atom stereocenters. The van der Waals surface area contributed by atoms with E-state index >= 15 is 0 Å². The Morgan fingerprint density at radius 2 is 1.79 bits per heavy atom. The Bertz CT molecular complexity index is 602. The van der Waals surface area contributed by atoms with Crippen molar-refractivity contribution in [2.24, 2.45) is 0 Å². The van der Waals surface area contributed by atoms with Crippen molar-refractivity contribution in [3.63, 3.8) is 0 Å². The molecule has 19 heavy (non-hydrogen) atoms. The van der Waals surface area contributed by atoms with Crippen LogP contribution in [0.1, 0.15) is 0 Å². The van der Waals surface area contributed by atoms with Gasteiger partial charge in [-0.05, 0) is 24.3 Å². The van der Waals surface area contributed by atoms with Crippen molar-refractivity contribution in [1.29, 1.82) is 0 Å².